The summed E-state index contributed by atoms with van der Waals surface area (Å²) in [5.74, 6) is -2.36. The minimum atomic E-state index is -1.40. The SMILES string of the molecule is Cc1cc2nn([C@H]3C[C@H]4C(=O)N[C@]5(C(=O)O)C[C@H]5C=CCCCCC[C@H](NC(=O)OC(C)(C)C)C(=O)N4C3)nc2cc1C. The largest absolute Gasteiger partial charge is 0.479 e. The van der Waals surface area contributed by atoms with Crippen LogP contribution in [0.5, 0.6) is 0 Å². The molecule has 232 valence electrons. The lowest BCUT2D eigenvalue weighted by Crippen LogP contribution is -2.56. The van der Waals surface area contributed by atoms with Gasteiger partial charge in [0.1, 0.15) is 34.3 Å². The van der Waals surface area contributed by atoms with E-state index in [1.165, 1.54) is 4.90 Å². The molecule has 1 saturated heterocycles. The minimum absolute atomic E-state index is 0.131. The van der Waals surface area contributed by atoms with E-state index < -0.39 is 53.1 Å². The molecule has 1 saturated carbocycles. The summed E-state index contributed by atoms with van der Waals surface area (Å²) in [6, 6.07) is 1.60. The fourth-order valence-electron chi connectivity index (χ4n) is 6.05. The Hall–Kier alpha value is -3.96. The Balaban J connectivity index is 1.47. The van der Waals surface area contributed by atoms with Crippen molar-refractivity contribution < 1.29 is 29.0 Å². The predicted molar refractivity (Wildman–Crippen MR) is 158 cm³/mol. The number of hydrogen-bond donors (Lipinski definition) is 3. The predicted octanol–water partition coefficient (Wildman–Crippen LogP) is 3.56. The lowest BCUT2D eigenvalue weighted by molar-refractivity contribution is -0.145. The highest BCUT2D eigenvalue weighted by Crippen LogP contribution is 2.45. The third-order valence-corrected chi connectivity index (χ3v) is 8.67. The first-order chi connectivity index (χ1) is 20.3. The van der Waals surface area contributed by atoms with Gasteiger partial charge in [-0.3, -0.25) is 9.59 Å². The molecule has 2 aliphatic heterocycles. The van der Waals surface area contributed by atoms with E-state index in [0.29, 0.717) is 30.3 Å². The molecule has 3 heterocycles. The number of nitrogens with zero attached hydrogens (tertiary/aromatic N) is 4. The zero-order valence-corrected chi connectivity index (χ0v) is 25.6. The van der Waals surface area contributed by atoms with Crippen LogP contribution in [-0.4, -0.2) is 78.6 Å². The summed E-state index contributed by atoms with van der Waals surface area (Å²) >= 11 is 0. The van der Waals surface area contributed by atoms with E-state index in [4.69, 9.17) is 4.74 Å². The van der Waals surface area contributed by atoms with Crippen LogP contribution in [0.2, 0.25) is 0 Å². The number of carboxylic acids is 1. The van der Waals surface area contributed by atoms with Crippen molar-refractivity contribution in [2.45, 2.75) is 109 Å². The third-order valence-electron chi connectivity index (χ3n) is 8.67. The first kappa shape index (κ1) is 30.5. The van der Waals surface area contributed by atoms with Crippen LogP contribution >= 0.6 is 0 Å². The Bertz CT molecular complexity index is 1420. The Kier molecular flexibility index (Phi) is 8.24. The lowest BCUT2D eigenvalue weighted by Gasteiger charge is -2.30. The van der Waals surface area contributed by atoms with Crippen molar-refractivity contribution >= 4 is 34.9 Å². The average Bonchev–Trinajstić information content (AvgIpc) is 3.23. The second-order valence-electron chi connectivity index (χ2n) is 13.2. The number of carbonyl (C=O) groups is 4. The summed E-state index contributed by atoms with van der Waals surface area (Å²) in [7, 11) is 0. The Morgan fingerprint density at radius 2 is 1.77 bits per heavy atom. The lowest BCUT2D eigenvalue weighted by atomic mass is 10.0. The molecular formula is C31H42N6O6. The van der Waals surface area contributed by atoms with Crippen LogP contribution in [0, 0.1) is 19.8 Å². The number of carbonyl (C=O) groups excluding carboxylic acids is 3. The summed E-state index contributed by atoms with van der Waals surface area (Å²) < 4.78 is 5.45. The molecule has 3 aliphatic rings. The highest BCUT2D eigenvalue weighted by Gasteiger charge is 2.61. The molecule has 43 heavy (non-hydrogen) atoms. The van der Waals surface area contributed by atoms with E-state index in [-0.39, 0.29) is 18.9 Å². The molecule has 1 aromatic carbocycles. The molecule has 3 N–H and O–H groups in total. The zero-order valence-electron chi connectivity index (χ0n) is 25.6. The summed E-state index contributed by atoms with van der Waals surface area (Å²) in [6.45, 7) is 9.37. The highest BCUT2D eigenvalue weighted by molar-refractivity contribution is 5.96. The average molecular weight is 595 g/mol. The maximum atomic E-state index is 14.2. The van der Waals surface area contributed by atoms with Gasteiger partial charge < -0.3 is 25.4 Å². The van der Waals surface area contributed by atoms with Crippen LogP contribution in [0.25, 0.3) is 11.0 Å². The summed E-state index contributed by atoms with van der Waals surface area (Å²) in [4.78, 5) is 56.1. The molecular weight excluding hydrogens is 552 g/mol. The van der Waals surface area contributed by atoms with Gasteiger partial charge in [-0.25, -0.2) is 9.59 Å². The number of rotatable bonds is 3. The van der Waals surface area contributed by atoms with Crippen molar-refractivity contribution in [3.05, 3.63) is 35.4 Å². The van der Waals surface area contributed by atoms with Crippen molar-refractivity contribution in [1.82, 2.24) is 30.5 Å². The fraction of sp³-hybridized carbons (Fsp3) is 0.613. The monoisotopic (exact) mass is 594 g/mol. The van der Waals surface area contributed by atoms with E-state index in [1.807, 2.05) is 38.1 Å². The van der Waals surface area contributed by atoms with E-state index in [1.54, 1.807) is 25.6 Å². The number of aliphatic carboxylic acids is 1. The summed E-state index contributed by atoms with van der Waals surface area (Å²) in [5, 5.41) is 24.9. The first-order valence-electron chi connectivity index (χ1n) is 15.1. The number of benzene rings is 1. The second kappa shape index (κ2) is 11.6. The summed E-state index contributed by atoms with van der Waals surface area (Å²) in [6.07, 6.45) is 7.14. The van der Waals surface area contributed by atoms with Gasteiger partial charge in [0, 0.05) is 18.9 Å². The molecule has 1 aliphatic carbocycles. The number of amides is 3. The number of alkyl carbamates (subject to hydrolysis) is 1. The fourth-order valence-corrected chi connectivity index (χ4v) is 6.05. The van der Waals surface area contributed by atoms with Crippen LogP contribution in [0.4, 0.5) is 4.79 Å². The molecule has 5 rings (SSSR count). The van der Waals surface area contributed by atoms with Gasteiger partial charge in [-0.1, -0.05) is 25.0 Å². The van der Waals surface area contributed by atoms with Crippen LogP contribution in [0.3, 0.4) is 0 Å². The van der Waals surface area contributed by atoms with Gasteiger partial charge in [0.25, 0.3) is 0 Å². The molecule has 3 amide bonds. The van der Waals surface area contributed by atoms with Gasteiger partial charge in [-0.05, 0) is 83.6 Å². The topological polar surface area (TPSA) is 156 Å². The Labute approximate surface area is 251 Å². The number of allylic oxidation sites excluding steroid dienone is 1. The van der Waals surface area contributed by atoms with Gasteiger partial charge >= 0.3 is 12.1 Å². The maximum Gasteiger partial charge on any atom is 0.408 e. The summed E-state index contributed by atoms with van der Waals surface area (Å²) in [5.41, 5.74) is 1.43. The molecule has 12 heteroatoms. The quantitative estimate of drug-likeness (QED) is 0.456. The van der Waals surface area contributed by atoms with Crippen LogP contribution in [0.15, 0.2) is 24.3 Å². The van der Waals surface area contributed by atoms with E-state index in [0.717, 1.165) is 30.4 Å². The number of nitrogens with one attached hydrogen (secondary N) is 2. The van der Waals surface area contributed by atoms with Gasteiger partial charge in [0.2, 0.25) is 11.8 Å². The Morgan fingerprint density at radius 1 is 1.09 bits per heavy atom. The molecule has 1 aromatic heterocycles. The van der Waals surface area contributed by atoms with Gasteiger partial charge in [-0.2, -0.15) is 15.0 Å². The van der Waals surface area contributed by atoms with Crippen LogP contribution in [-0.2, 0) is 19.1 Å². The molecule has 5 atom stereocenters. The molecule has 0 spiro atoms. The molecule has 0 unspecified atom stereocenters. The zero-order chi connectivity index (χ0) is 31.1. The van der Waals surface area contributed by atoms with Crippen molar-refractivity contribution in [2.75, 3.05) is 6.54 Å². The van der Waals surface area contributed by atoms with Crippen molar-refractivity contribution in [1.29, 1.82) is 0 Å². The third kappa shape index (κ3) is 6.52. The number of ether oxygens (including phenoxy) is 1. The van der Waals surface area contributed by atoms with E-state index in [9.17, 15) is 24.3 Å². The Morgan fingerprint density at radius 3 is 2.40 bits per heavy atom. The molecule has 0 radical (unpaired) electrons. The number of aromatic nitrogens is 3. The number of aryl methyl sites for hydroxylation is 2. The van der Waals surface area contributed by atoms with Gasteiger partial charge in [0.05, 0.1) is 6.04 Å². The number of fused-ring (bicyclic) bond motifs is 3. The van der Waals surface area contributed by atoms with Crippen LogP contribution in [0.1, 0.15) is 82.9 Å². The number of carboxylic acid groups (broad SMARTS) is 1. The second-order valence-corrected chi connectivity index (χ2v) is 13.2. The molecule has 0 bridgehead atoms. The van der Waals surface area contributed by atoms with Crippen molar-refractivity contribution in [3.63, 3.8) is 0 Å². The van der Waals surface area contributed by atoms with Crippen molar-refractivity contribution in [3.8, 4) is 0 Å². The maximum absolute atomic E-state index is 14.2. The molecule has 12 nitrogen and oxygen atoms in total. The molecule has 2 fully saturated rings. The number of hydrogen-bond acceptors (Lipinski definition) is 7. The van der Waals surface area contributed by atoms with E-state index >= 15 is 0 Å². The minimum Gasteiger partial charge on any atom is -0.479 e. The van der Waals surface area contributed by atoms with E-state index in [2.05, 4.69) is 20.8 Å². The normalized spacial score (nSPS) is 28.3. The highest BCUT2D eigenvalue weighted by atomic mass is 16.6. The first-order valence-corrected chi connectivity index (χ1v) is 15.1. The standard InChI is InChI=1S/C31H42N6O6/c1-18-13-23-24(14-19(18)2)35-37(34-23)21-15-25-26(38)33-31(28(40)41)16-20(31)11-9-7-6-8-10-12-22(27(39)36(25)17-21)32-29(42)43-30(3,4)5/h9,11,13-14,20-22,25H,6-8,10,12,15-17H2,1-5H3,(H,32,42)(H,33,38)(H,40,41)/t20-,21+,22+,25+,31-/m1/s1. The van der Waals surface area contributed by atoms with Crippen LogP contribution < -0.4 is 10.6 Å². The van der Waals surface area contributed by atoms with Gasteiger partial charge in [0.15, 0.2) is 0 Å². The van der Waals surface area contributed by atoms with Crippen molar-refractivity contribution in [2.24, 2.45) is 5.92 Å². The van der Waals surface area contributed by atoms with Gasteiger partial charge in [-0.15, -0.1) is 0 Å². The molecule has 2 aromatic rings. The smallest absolute Gasteiger partial charge is 0.408 e.